The zero-order valence-electron chi connectivity index (χ0n) is 14.6. The van der Waals surface area contributed by atoms with E-state index in [1.54, 1.807) is 6.20 Å². The molecule has 6 nitrogen and oxygen atoms in total. The second-order valence-electron chi connectivity index (χ2n) is 7.05. The molecule has 2 fully saturated rings. The van der Waals surface area contributed by atoms with Gasteiger partial charge >= 0.3 is 0 Å². The molecule has 2 aromatic heterocycles. The molecular weight excluding hydrogens is 314 g/mol. The third-order valence-electron chi connectivity index (χ3n) is 4.95. The number of amides is 1. The van der Waals surface area contributed by atoms with Crippen LogP contribution < -0.4 is 5.32 Å². The van der Waals surface area contributed by atoms with Crippen molar-refractivity contribution in [2.24, 2.45) is 5.92 Å². The van der Waals surface area contributed by atoms with Gasteiger partial charge in [-0.15, -0.1) is 0 Å². The highest BCUT2D eigenvalue weighted by atomic mass is 16.2. The van der Waals surface area contributed by atoms with E-state index in [2.05, 4.69) is 31.2 Å². The third kappa shape index (κ3) is 3.34. The molecule has 0 aromatic carbocycles. The number of aromatic nitrogens is 3. The Balaban J connectivity index is 1.55. The minimum Gasteiger partial charge on any atom is -0.370 e. The summed E-state index contributed by atoms with van der Waals surface area (Å²) in [4.78, 5) is 27.7. The van der Waals surface area contributed by atoms with Gasteiger partial charge in [0.1, 0.15) is 11.6 Å². The molecule has 2 atom stereocenters. The van der Waals surface area contributed by atoms with Gasteiger partial charge in [0.25, 0.3) is 0 Å². The van der Waals surface area contributed by atoms with Crippen molar-refractivity contribution in [1.29, 1.82) is 0 Å². The monoisotopic (exact) mass is 337 g/mol. The normalized spacial score (nSPS) is 23.1. The van der Waals surface area contributed by atoms with Gasteiger partial charge in [-0.05, 0) is 38.3 Å². The SMILES string of the molecule is Cc1cc(NC[C@@H]2CC(=O)N(C3CC3)[C@H]2c2cccnc2)nc(C)n1. The maximum Gasteiger partial charge on any atom is 0.223 e. The topological polar surface area (TPSA) is 71.0 Å². The van der Waals surface area contributed by atoms with Gasteiger partial charge in [-0.3, -0.25) is 9.78 Å². The molecule has 2 aromatic rings. The van der Waals surface area contributed by atoms with E-state index in [0.717, 1.165) is 35.7 Å². The van der Waals surface area contributed by atoms with Crippen LogP contribution in [0, 0.1) is 19.8 Å². The highest BCUT2D eigenvalue weighted by molar-refractivity contribution is 5.80. The van der Waals surface area contributed by atoms with Crippen LogP contribution in [0.3, 0.4) is 0 Å². The molecule has 0 radical (unpaired) electrons. The number of aryl methyl sites for hydroxylation is 2. The first kappa shape index (κ1) is 16.0. The van der Waals surface area contributed by atoms with Gasteiger partial charge in [-0.2, -0.15) is 0 Å². The molecule has 1 aliphatic carbocycles. The molecule has 6 heteroatoms. The standard InChI is InChI=1S/C19H23N5O/c1-12-8-17(23-13(2)22-12)21-11-15-9-18(25)24(16-5-6-16)19(15)14-4-3-7-20-10-14/h3-4,7-8,10,15-16,19H,5-6,9,11H2,1-2H3,(H,21,22,23)/t15-,19-/m0/s1. The Bertz CT molecular complexity index is 754. The zero-order valence-corrected chi connectivity index (χ0v) is 14.6. The summed E-state index contributed by atoms with van der Waals surface area (Å²) in [5, 5.41) is 3.42. The summed E-state index contributed by atoms with van der Waals surface area (Å²) in [6.07, 6.45) is 6.48. The molecule has 2 aliphatic rings. The fourth-order valence-electron chi connectivity index (χ4n) is 3.82. The van der Waals surface area contributed by atoms with Crippen LogP contribution in [0.25, 0.3) is 0 Å². The summed E-state index contributed by atoms with van der Waals surface area (Å²) >= 11 is 0. The van der Waals surface area contributed by atoms with E-state index in [1.807, 2.05) is 32.2 Å². The number of rotatable bonds is 5. The molecule has 1 amide bonds. The molecule has 25 heavy (non-hydrogen) atoms. The largest absolute Gasteiger partial charge is 0.370 e. The van der Waals surface area contributed by atoms with E-state index in [0.29, 0.717) is 19.0 Å². The number of nitrogens with one attached hydrogen (secondary N) is 1. The number of anilines is 1. The summed E-state index contributed by atoms with van der Waals surface area (Å²) in [7, 11) is 0. The average Bonchev–Trinajstić information content (AvgIpc) is 3.36. The Kier molecular flexibility index (Phi) is 4.11. The summed E-state index contributed by atoms with van der Waals surface area (Å²) in [5.41, 5.74) is 2.07. The Morgan fingerprint density at radius 2 is 2.12 bits per heavy atom. The first-order valence-corrected chi connectivity index (χ1v) is 8.89. The Hall–Kier alpha value is -2.50. The Morgan fingerprint density at radius 1 is 1.28 bits per heavy atom. The number of likely N-dealkylation sites (tertiary alicyclic amines) is 1. The predicted octanol–water partition coefficient (Wildman–Crippen LogP) is 2.65. The lowest BCUT2D eigenvalue weighted by atomic mass is 9.94. The van der Waals surface area contributed by atoms with Crippen LogP contribution in [-0.2, 0) is 4.79 Å². The smallest absolute Gasteiger partial charge is 0.223 e. The van der Waals surface area contributed by atoms with E-state index in [9.17, 15) is 4.79 Å². The fourth-order valence-corrected chi connectivity index (χ4v) is 3.82. The van der Waals surface area contributed by atoms with Crippen molar-refractivity contribution in [3.63, 3.8) is 0 Å². The lowest BCUT2D eigenvalue weighted by Crippen LogP contribution is -2.32. The molecule has 130 valence electrons. The molecule has 1 aliphatic heterocycles. The number of carbonyl (C=O) groups excluding carboxylic acids is 1. The van der Waals surface area contributed by atoms with Gasteiger partial charge in [0, 0.05) is 49.1 Å². The van der Waals surface area contributed by atoms with Crippen molar-refractivity contribution in [3.05, 3.63) is 47.7 Å². The number of carbonyl (C=O) groups is 1. The number of hydrogen-bond donors (Lipinski definition) is 1. The van der Waals surface area contributed by atoms with Gasteiger partial charge in [0.15, 0.2) is 0 Å². The maximum atomic E-state index is 12.6. The predicted molar refractivity (Wildman–Crippen MR) is 94.9 cm³/mol. The van der Waals surface area contributed by atoms with Crippen LogP contribution in [0.2, 0.25) is 0 Å². The van der Waals surface area contributed by atoms with Crippen LogP contribution in [0.4, 0.5) is 5.82 Å². The minimum atomic E-state index is 0.102. The van der Waals surface area contributed by atoms with Crippen LogP contribution in [0.1, 0.15) is 42.4 Å². The summed E-state index contributed by atoms with van der Waals surface area (Å²) in [6.45, 7) is 4.57. The molecule has 1 saturated heterocycles. The van der Waals surface area contributed by atoms with Crippen LogP contribution in [-0.4, -0.2) is 38.3 Å². The summed E-state index contributed by atoms with van der Waals surface area (Å²) in [5.74, 6) is 2.06. The second-order valence-corrected chi connectivity index (χ2v) is 7.05. The molecule has 0 bridgehead atoms. The minimum absolute atomic E-state index is 0.102. The van der Waals surface area contributed by atoms with Crippen LogP contribution >= 0.6 is 0 Å². The highest BCUT2D eigenvalue weighted by Crippen LogP contribution is 2.44. The van der Waals surface area contributed by atoms with Gasteiger partial charge < -0.3 is 10.2 Å². The first-order chi connectivity index (χ1) is 12.1. The van der Waals surface area contributed by atoms with E-state index in [1.165, 1.54) is 0 Å². The Labute approximate surface area is 147 Å². The quantitative estimate of drug-likeness (QED) is 0.908. The molecule has 4 rings (SSSR count). The van der Waals surface area contributed by atoms with E-state index in [4.69, 9.17) is 0 Å². The summed E-state index contributed by atoms with van der Waals surface area (Å²) < 4.78 is 0. The lowest BCUT2D eigenvalue weighted by molar-refractivity contribution is -0.129. The van der Waals surface area contributed by atoms with Crippen molar-refractivity contribution in [1.82, 2.24) is 19.9 Å². The first-order valence-electron chi connectivity index (χ1n) is 8.89. The van der Waals surface area contributed by atoms with Crippen molar-refractivity contribution in [2.45, 2.75) is 45.2 Å². The summed E-state index contributed by atoms with van der Waals surface area (Å²) in [6, 6.07) is 6.49. The average molecular weight is 337 g/mol. The van der Waals surface area contributed by atoms with Crippen molar-refractivity contribution in [3.8, 4) is 0 Å². The molecule has 1 N–H and O–H groups in total. The van der Waals surface area contributed by atoms with Crippen molar-refractivity contribution in [2.75, 3.05) is 11.9 Å². The van der Waals surface area contributed by atoms with E-state index in [-0.39, 0.29) is 17.9 Å². The third-order valence-corrected chi connectivity index (χ3v) is 4.95. The molecule has 0 unspecified atom stereocenters. The van der Waals surface area contributed by atoms with Crippen LogP contribution in [0.15, 0.2) is 30.6 Å². The van der Waals surface area contributed by atoms with E-state index >= 15 is 0 Å². The lowest BCUT2D eigenvalue weighted by Gasteiger charge is -2.28. The maximum absolute atomic E-state index is 12.6. The van der Waals surface area contributed by atoms with Crippen molar-refractivity contribution >= 4 is 11.7 Å². The van der Waals surface area contributed by atoms with Gasteiger partial charge in [0.05, 0.1) is 6.04 Å². The van der Waals surface area contributed by atoms with Gasteiger partial charge in [0.2, 0.25) is 5.91 Å². The number of nitrogens with zero attached hydrogens (tertiary/aromatic N) is 4. The fraction of sp³-hybridized carbons (Fsp3) is 0.474. The van der Waals surface area contributed by atoms with Gasteiger partial charge in [-0.1, -0.05) is 6.07 Å². The van der Waals surface area contributed by atoms with Crippen molar-refractivity contribution < 1.29 is 4.79 Å². The molecule has 3 heterocycles. The van der Waals surface area contributed by atoms with Crippen LogP contribution in [0.5, 0.6) is 0 Å². The number of hydrogen-bond acceptors (Lipinski definition) is 5. The molecule has 1 saturated carbocycles. The molecular formula is C19H23N5O. The van der Waals surface area contributed by atoms with E-state index < -0.39 is 0 Å². The molecule has 0 spiro atoms. The van der Waals surface area contributed by atoms with Gasteiger partial charge in [-0.25, -0.2) is 9.97 Å². The Morgan fingerprint density at radius 3 is 2.80 bits per heavy atom. The second kappa shape index (κ2) is 6.43. The number of pyridine rings is 1. The highest BCUT2D eigenvalue weighted by Gasteiger charge is 2.47. The zero-order chi connectivity index (χ0) is 17.4.